The fourth-order valence-corrected chi connectivity index (χ4v) is 5.14. The van der Waals surface area contributed by atoms with E-state index in [4.69, 9.17) is 0 Å². The molecule has 0 saturated heterocycles. The highest BCUT2D eigenvalue weighted by Crippen LogP contribution is 2.49. The van der Waals surface area contributed by atoms with E-state index in [0.717, 1.165) is 21.9 Å². The summed E-state index contributed by atoms with van der Waals surface area (Å²) < 4.78 is 0.928. The molecule has 0 radical (unpaired) electrons. The van der Waals surface area contributed by atoms with Crippen molar-refractivity contribution in [1.82, 2.24) is 10.2 Å². The lowest BCUT2D eigenvalue weighted by molar-refractivity contribution is -0.117. The van der Waals surface area contributed by atoms with Gasteiger partial charge in [-0.25, -0.2) is 0 Å². The number of nitrogens with zero attached hydrogens (tertiary/aromatic N) is 2. The zero-order valence-corrected chi connectivity index (χ0v) is 12.7. The molecule has 4 nitrogen and oxygen atoms in total. The molecule has 0 unspecified atom stereocenters. The standard InChI is InChI=1S/C13H19N3OS2/c1-2-18-13-16-15-12(19-13)14-11(17)7-10-6-8-3-4-9(10)5-8/h8-10H,2-7H2,1H3,(H,14,15,17)/t8-,9+,10-/m0/s1. The molecule has 3 atom stereocenters. The summed E-state index contributed by atoms with van der Waals surface area (Å²) in [6.45, 7) is 2.08. The number of carbonyl (C=O) groups excluding carboxylic acids is 1. The van der Waals surface area contributed by atoms with Crippen LogP contribution in [0, 0.1) is 17.8 Å². The van der Waals surface area contributed by atoms with Crippen LogP contribution in [0.3, 0.4) is 0 Å². The maximum atomic E-state index is 12.0. The Morgan fingerprint density at radius 1 is 1.42 bits per heavy atom. The molecule has 6 heteroatoms. The lowest BCUT2D eigenvalue weighted by atomic mass is 9.86. The first-order chi connectivity index (χ1) is 9.24. The SMILES string of the molecule is CCSc1nnc(NC(=O)C[C@@H]2C[C@H]3CC[C@@H]2C3)s1. The van der Waals surface area contributed by atoms with Crippen molar-refractivity contribution in [3.05, 3.63) is 0 Å². The fraction of sp³-hybridized carbons (Fsp3) is 0.769. The smallest absolute Gasteiger partial charge is 0.226 e. The maximum absolute atomic E-state index is 12.0. The first-order valence-electron chi connectivity index (χ1n) is 7.00. The predicted molar refractivity (Wildman–Crippen MR) is 78.5 cm³/mol. The van der Waals surface area contributed by atoms with Crippen LogP contribution < -0.4 is 5.32 Å². The van der Waals surface area contributed by atoms with Gasteiger partial charge in [-0.1, -0.05) is 36.4 Å². The molecule has 19 heavy (non-hydrogen) atoms. The molecule has 0 spiro atoms. The number of hydrogen-bond donors (Lipinski definition) is 1. The van der Waals surface area contributed by atoms with E-state index in [1.807, 2.05) is 0 Å². The van der Waals surface area contributed by atoms with Crippen molar-refractivity contribution in [3.63, 3.8) is 0 Å². The van der Waals surface area contributed by atoms with Crippen LogP contribution in [-0.2, 0) is 4.79 Å². The number of nitrogens with one attached hydrogen (secondary N) is 1. The lowest BCUT2D eigenvalue weighted by Gasteiger charge is -2.20. The van der Waals surface area contributed by atoms with Gasteiger partial charge in [-0.3, -0.25) is 4.79 Å². The summed E-state index contributed by atoms with van der Waals surface area (Å²) in [4.78, 5) is 12.0. The Morgan fingerprint density at radius 2 is 2.32 bits per heavy atom. The number of rotatable bonds is 5. The van der Waals surface area contributed by atoms with Gasteiger partial charge in [-0.15, -0.1) is 10.2 Å². The van der Waals surface area contributed by atoms with Crippen LogP contribution in [0.2, 0.25) is 0 Å². The van der Waals surface area contributed by atoms with Gasteiger partial charge in [0, 0.05) is 6.42 Å². The highest BCUT2D eigenvalue weighted by Gasteiger charge is 2.40. The first-order valence-corrected chi connectivity index (χ1v) is 8.81. The Labute approximate surface area is 121 Å². The number of thioether (sulfide) groups is 1. The third-order valence-corrected chi connectivity index (χ3v) is 6.11. The van der Waals surface area contributed by atoms with Crippen LogP contribution in [-0.4, -0.2) is 21.9 Å². The van der Waals surface area contributed by atoms with E-state index in [-0.39, 0.29) is 5.91 Å². The van der Waals surface area contributed by atoms with E-state index in [9.17, 15) is 4.79 Å². The molecular formula is C13H19N3OS2. The van der Waals surface area contributed by atoms with Crippen molar-refractivity contribution in [2.75, 3.05) is 11.1 Å². The number of aromatic nitrogens is 2. The van der Waals surface area contributed by atoms with Gasteiger partial charge in [-0.2, -0.15) is 0 Å². The Morgan fingerprint density at radius 3 is 3.00 bits per heavy atom. The second kappa shape index (κ2) is 5.79. The average Bonchev–Trinajstić information content (AvgIpc) is 3.06. The lowest BCUT2D eigenvalue weighted by Crippen LogP contribution is -2.20. The monoisotopic (exact) mass is 297 g/mol. The minimum absolute atomic E-state index is 0.113. The number of hydrogen-bond acceptors (Lipinski definition) is 5. The van der Waals surface area contributed by atoms with Gasteiger partial charge in [0.1, 0.15) is 0 Å². The molecule has 0 aromatic carbocycles. The van der Waals surface area contributed by atoms with E-state index in [2.05, 4.69) is 22.4 Å². The van der Waals surface area contributed by atoms with Crippen LogP contribution in [0.1, 0.15) is 39.0 Å². The number of anilines is 1. The average molecular weight is 297 g/mol. The van der Waals surface area contributed by atoms with Crippen molar-refractivity contribution in [2.24, 2.45) is 17.8 Å². The Kier molecular flexibility index (Phi) is 4.07. The molecule has 1 aromatic rings. The number of carbonyl (C=O) groups is 1. The third-order valence-electron chi connectivity index (χ3n) is 4.25. The molecule has 1 N–H and O–H groups in total. The molecule has 104 valence electrons. The summed E-state index contributed by atoms with van der Waals surface area (Å²) in [5, 5.41) is 11.6. The summed E-state index contributed by atoms with van der Waals surface area (Å²) in [7, 11) is 0. The van der Waals surface area contributed by atoms with Crippen LogP contribution in [0.25, 0.3) is 0 Å². The minimum atomic E-state index is 0.113. The fourth-order valence-electron chi connectivity index (χ4n) is 3.48. The van der Waals surface area contributed by atoms with Crippen molar-refractivity contribution in [1.29, 1.82) is 0 Å². The molecule has 1 amide bonds. The number of amides is 1. The zero-order chi connectivity index (χ0) is 13.2. The maximum Gasteiger partial charge on any atom is 0.226 e. The van der Waals surface area contributed by atoms with Crippen molar-refractivity contribution in [2.45, 2.75) is 43.4 Å². The largest absolute Gasteiger partial charge is 0.300 e. The Bertz CT molecular complexity index is 462. The molecule has 3 rings (SSSR count). The van der Waals surface area contributed by atoms with Crippen molar-refractivity contribution < 1.29 is 4.79 Å². The summed E-state index contributed by atoms with van der Waals surface area (Å²) in [6.07, 6.45) is 5.99. The van der Waals surface area contributed by atoms with Crippen LogP contribution >= 0.6 is 23.1 Å². The van der Waals surface area contributed by atoms with Crippen LogP contribution in [0.5, 0.6) is 0 Å². The van der Waals surface area contributed by atoms with Gasteiger partial charge >= 0.3 is 0 Å². The summed E-state index contributed by atoms with van der Waals surface area (Å²) in [6, 6.07) is 0. The highest BCUT2D eigenvalue weighted by atomic mass is 32.2. The molecular weight excluding hydrogens is 278 g/mol. The van der Waals surface area contributed by atoms with Gasteiger partial charge in [0.2, 0.25) is 11.0 Å². The summed E-state index contributed by atoms with van der Waals surface area (Å²) in [5.74, 6) is 3.40. The quantitative estimate of drug-likeness (QED) is 0.668. The van der Waals surface area contributed by atoms with Gasteiger partial charge in [0.05, 0.1) is 0 Å². The summed E-state index contributed by atoms with van der Waals surface area (Å²) in [5.41, 5.74) is 0. The molecule has 2 aliphatic rings. The second-order valence-electron chi connectivity index (χ2n) is 5.49. The minimum Gasteiger partial charge on any atom is -0.300 e. The highest BCUT2D eigenvalue weighted by molar-refractivity contribution is 8.01. The summed E-state index contributed by atoms with van der Waals surface area (Å²) >= 11 is 3.13. The van der Waals surface area contributed by atoms with E-state index in [1.54, 1.807) is 11.8 Å². The van der Waals surface area contributed by atoms with Crippen molar-refractivity contribution in [3.8, 4) is 0 Å². The third kappa shape index (κ3) is 3.11. The van der Waals surface area contributed by atoms with Gasteiger partial charge in [0.25, 0.3) is 0 Å². The van der Waals surface area contributed by atoms with Crippen molar-refractivity contribution >= 4 is 34.1 Å². The second-order valence-corrected chi connectivity index (χ2v) is 7.98. The van der Waals surface area contributed by atoms with Gasteiger partial charge in [0.15, 0.2) is 4.34 Å². The Hall–Kier alpha value is -0.620. The molecule has 2 bridgehead atoms. The van der Waals surface area contributed by atoms with Crippen LogP contribution in [0.15, 0.2) is 4.34 Å². The molecule has 2 saturated carbocycles. The number of fused-ring (bicyclic) bond motifs is 2. The molecule has 2 aliphatic carbocycles. The first kappa shape index (κ1) is 13.4. The van der Waals surface area contributed by atoms with E-state index in [1.165, 1.54) is 37.0 Å². The predicted octanol–water partition coefficient (Wildman–Crippen LogP) is 3.41. The molecule has 1 heterocycles. The van der Waals surface area contributed by atoms with E-state index in [0.29, 0.717) is 17.5 Å². The normalized spacial score (nSPS) is 28.8. The topological polar surface area (TPSA) is 54.9 Å². The van der Waals surface area contributed by atoms with E-state index >= 15 is 0 Å². The van der Waals surface area contributed by atoms with E-state index < -0.39 is 0 Å². The van der Waals surface area contributed by atoms with Gasteiger partial charge < -0.3 is 5.32 Å². The van der Waals surface area contributed by atoms with Crippen LogP contribution in [0.4, 0.5) is 5.13 Å². The molecule has 1 aromatic heterocycles. The zero-order valence-electron chi connectivity index (χ0n) is 11.1. The molecule has 0 aliphatic heterocycles. The molecule has 2 fully saturated rings. The Balaban J connectivity index is 1.50. The van der Waals surface area contributed by atoms with Gasteiger partial charge in [-0.05, 0) is 42.8 Å².